The van der Waals surface area contributed by atoms with Crippen LogP contribution in [-0.4, -0.2) is 49.4 Å². The molecule has 1 aromatic heterocycles. The van der Waals surface area contributed by atoms with Gasteiger partial charge in [0.15, 0.2) is 11.5 Å². The summed E-state index contributed by atoms with van der Waals surface area (Å²) in [6.45, 7) is 5.81. The molecule has 7 heteroatoms. The lowest BCUT2D eigenvalue weighted by Crippen LogP contribution is -2.56. The van der Waals surface area contributed by atoms with Crippen LogP contribution < -0.4 is 9.47 Å². The summed E-state index contributed by atoms with van der Waals surface area (Å²) in [6, 6.07) is 15.9. The molecule has 1 spiro atoms. The number of rotatable bonds is 4. The summed E-state index contributed by atoms with van der Waals surface area (Å²) in [5.74, 6) is 1.50. The zero-order chi connectivity index (χ0) is 22.4. The van der Waals surface area contributed by atoms with Gasteiger partial charge in [0.1, 0.15) is 18.4 Å². The van der Waals surface area contributed by atoms with Crippen LogP contribution >= 0.6 is 23.2 Å². The Kier molecular flexibility index (Phi) is 5.46. The van der Waals surface area contributed by atoms with E-state index in [4.69, 9.17) is 42.4 Å². The largest absolute Gasteiger partial charge is 0.486 e. The molecular weight excluding hydrogens is 459 g/mol. The highest BCUT2D eigenvalue weighted by Gasteiger charge is 2.45. The molecule has 0 bridgehead atoms. The normalized spacial score (nSPS) is 19.0. The first-order valence-electron chi connectivity index (χ1n) is 11.2. The lowest BCUT2D eigenvalue weighted by atomic mass is 9.79. The molecule has 0 atom stereocenters. The second-order valence-corrected chi connectivity index (χ2v) is 9.86. The third-order valence-electron chi connectivity index (χ3n) is 6.75. The number of pyridine rings is 1. The van der Waals surface area contributed by atoms with E-state index in [2.05, 4.69) is 11.0 Å². The van der Waals surface area contributed by atoms with Crippen molar-refractivity contribution in [2.24, 2.45) is 5.41 Å². The predicted octanol–water partition coefficient (Wildman–Crippen LogP) is 5.72. The summed E-state index contributed by atoms with van der Waals surface area (Å²) in [5.41, 5.74) is 4.89. The van der Waals surface area contributed by atoms with Crippen molar-refractivity contribution in [3.63, 3.8) is 0 Å². The molecule has 0 radical (unpaired) electrons. The average molecular weight is 483 g/mol. The molecule has 0 unspecified atom stereocenters. The third-order valence-corrected chi connectivity index (χ3v) is 7.49. The monoisotopic (exact) mass is 482 g/mol. The van der Waals surface area contributed by atoms with Crippen molar-refractivity contribution >= 4 is 23.2 Å². The molecule has 33 heavy (non-hydrogen) atoms. The van der Waals surface area contributed by atoms with Gasteiger partial charge in [0.05, 0.1) is 17.3 Å². The smallest absolute Gasteiger partial charge is 0.161 e. The topological polar surface area (TPSA) is 43.8 Å². The molecule has 170 valence electrons. The van der Waals surface area contributed by atoms with Crippen molar-refractivity contribution in [1.82, 2.24) is 9.88 Å². The average Bonchev–Trinajstić information content (AvgIpc) is 3.30. The number of hydrogen-bond donors (Lipinski definition) is 0. The van der Waals surface area contributed by atoms with Crippen LogP contribution in [0.4, 0.5) is 0 Å². The van der Waals surface area contributed by atoms with Crippen molar-refractivity contribution in [1.29, 1.82) is 0 Å². The van der Waals surface area contributed by atoms with E-state index in [9.17, 15) is 0 Å². The van der Waals surface area contributed by atoms with Gasteiger partial charge < -0.3 is 14.2 Å². The van der Waals surface area contributed by atoms with Gasteiger partial charge in [0.2, 0.25) is 0 Å². The van der Waals surface area contributed by atoms with Gasteiger partial charge in [0.25, 0.3) is 0 Å². The van der Waals surface area contributed by atoms with E-state index in [-0.39, 0.29) is 0 Å². The lowest BCUT2D eigenvalue weighted by molar-refractivity contribution is -0.0123. The summed E-state index contributed by atoms with van der Waals surface area (Å²) < 4.78 is 17.0. The Morgan fingerprint density at radius 1 is 0.909 bits per heavy atom. The van der Waals surface area contributed by atoms with Gasteiger partial charge in [0, 0.05) is 48.3 Å². The Hall–Kier alpha value is -2.31. The Labute approximate surface area is 203 Å². The van der Waals surface area contributed by atoms with Crippen molar-refractivity contribution in [3.8, 4) is 33.9 Å². The van der Waals surface area contributed by atoms with Crippen LogP contribution in [0.3, 0.4) is 0 Å². The molecule has 5 nitrogen and oxygen atoms in total. The van der Waals surface area contributed by atoms with E-state index >= 15 is 0 Å². The van der Waals surface area contributed by atoms with Gasteiger partial charge in [-0.15, -0.1) is 0 Å². The fourth-order valence-electron chi connectivity index (χ4n) is 5.05. The lowest BCUT2D eigenvalue weighted by Gasteiger charge is -2.47. The number of fused-ring (bicyclic) bond motifs is 1. The molecule has 2 aromatic carbocycles. The standard InChI is InChI=1S/C26H24Cl2N2O3/c27-24-19(17-5-7-22-23(12-17)33-11-10-32-22)2-1-3-20(24)21-6-4-18(25(28)29-21)13-30-14-26(15-30)8-9-31-16-26/h1-7,12H,8-11,13-16H2. The second-order valence-electron chi connectivity index (χ2n) is 9.12. The van der Waals surface area contributed by atoms with Gasteiger partial charge in [-0.25, -0.2) is 4.98 Å². The van der Waals surface area contributed by atoms with E-state index < -0.39 is 0 Å². The maximum Gasteiger partial charge on any atom is 0.161 e. The molecule has 0 saturated carbocycles. The first-order valence-corrected chi connectivity index (χ1v) is 12.0. The van der Waals surface area contributed by atoms with Gasteiger partial charge >= 0.3 is 0 Å². The zero-order valence-electron chi connectivity index (χ0n) is 18.2. The van der Waals surface area contributed by atoms with Crippen LogP contribution in [0.1, 0.15) is 12.0 Å². The Balaban J connectivity index is 1.24. The molecule has 3 aromatic rings. The predicted molar refractivity (Wildman–Crippen MR) is 129 cm³/mol. The first-order chi connectivity index (χ1) is 16.1. The molecule has 4 heterocycles. The number of aromatic nitrogens is 1. The van der Waals surface area contributed by atoms with Crippen LogP contribution in [0.15, 0.2) is 48.5 Å². The van der Waals surface area contributed by atoms with Gasteiger partial charge in [-0.05, 0) is 30.2 Å². The molecule has 0 N–H and O–H groups in total. The minimum atomic E-state index is 0.363. The van der Waals surface area contributed by atoms with Crippen molar-refractivity contribution in [3.05, 3.63) is 64.3 Å². The molecule has 2 saturated heterocycles. The van der Waals surface area contributed by atoms with E-state index in [0.29, 0.717) is 28.8 Å². The molecule has 3 aliphatic heterocycles. The SMILES string of the molecule is Clc1nc(-c2cccc(-c3ccc4c(c3)OCCO4)c2Cl)ccc1CN1CC2(CCOC2)C1. The molecule has 0 amide bonds. The van der Waals surface area contributed by atoms with Crippen molar-refractivity contribution in [2.75, 3.05) is 39.5 Å². The fourth-order valence-corrected chi connectivity index (χ4v) is 5.59. The summed E-state index contributed by atoms with van der Waals surface area (Å²) in [5, 5.41) is 1.16. The molecular formula is C26H24Cl2N2O3. The first kappa shape index (κ1) is 21.2. The quantitative estimate of drug-likeness (QED) is 0.445. The van der Waals surface area contributed by atoms with E-state index in [1.54, 1.807) is 0 Å². The molecule has 3 aliphatic rings. The summed E-state index contributed by atoms with van der Waals surface area (Å²) in [7, 11) is 0. The minimum absolute atomic E-state index is 0.363. The summed E-state index contributed by atoms with van der Waals surface area (Å²) in [6.07, 6.45) is 1.16. The van der Waals surface area contributed by atoms with Gasteiger partial charge in [-0.2, -0.15) is 0 Å². The van der Waals surface area contributed by atoms with E-state index in [1.807, 2.05) is 42.5 Å². The van der Waals surface area contributed by atoms with E-state index in [1.165, 1.54) is 0 Å². The summed E-state index contributed by atoms with van der Waals surface area (Å²) in [4.78, 5) is 7.10. The fraction of sp³-hybridized carbons (Fsp3) is 0.346. The highest BCUT2D eigenvalue weighted by molar-refractivity contribution is 6.36. The van der Waals surface area contributed by atoms with Gasteiger partial charge in [-0.3, -0.25) is 4.90 Å². The number of hydrogen-bond acceptors (Lipinski definition) is 5. The van der Waals surface area contributed by atoms with Crippen molar-refractivity contribution < 1.29 is 14.2 Å². The third kappa shape index (κ3) is 3.97. The Morgan fingerprint density at radius 3 is 2.52 bits per heavy atom. The molecule has 6 rings (SSSR count). The number of ether oxygens (including phenoxy) is 3. The second kappa shape index (κ2) is 8.48. The molecule has 2 fully saturated rings. The van der Waals surface area contributed by atoms with Crippen LogP contribution in [0, 0.1) is 5.41 Å². The highest BCUT2D eigenvalue weighted by Crippen LogP contribution is 2.41. The number of nitrogens with zero attached hydrogens (tertiary/aromatic N) is 2. The number of benzene rings is 2. The van der Waals surface area contributed by atoms with Gasteiger partial charge in [-0.1, -0.05) is 53.5 Å². The number of halogens is 2. The van der Waals surface area contributed by atoms with Crippen LogP contribution in [0.5, 0.6) is 11.5 Å². The Morgan fingerprint density at radius 2 is 1.73 bits per heavy atom. The van der Waals surface area contributed by atoms with Crippen LogP contribution in [0.2, 0.25) is 10.2 Å². The minimum Gasteiger partial charge on any atom is -0.486 e. The summed E-state index contributed by atoms with van der Waals surface area (Å²) >= 11 is 13.5. The van der Waals surface area contributed by atoms with Crippen LogP contribution in [0.25, 0.3) is 22.4 Å². The maximum absolute atomic E-state index is 6.86. The highest BCUT2D eigenvalue weighted by atomic mass is 35.5. The maximum atomic E-state index is 6.86. The Bertz CT molecular complexity index is 1200. The number of likely N-dealkylation sites (tertiary alicyclic amines) is 1. The molecule has 0 aliphatic carbocycles. The van der Waals surface area contributed by atoms with Crippen molar-refractivity contribution in [2.45, 2.75) is 13.0 Å². The van der Waals surface area contributed by atoms with E-state index in [0.717, 1.165) is 78.7 Å². The van der Waals surface area contributed by atoms with Crippen LogP contribution in [-0.2, 0) is 11.3 Å². The zero-order valence-corrected chi connectivity index (χ0v) is 19.7.